The van der Waals surface area contributed by atoms with Gasteiger partial charge < -0.3 is 14.2 Å². The summed E-state index contributed by atoms with van der Waals surface area (Å²) in [4.78, 5) is 31.9. The molecule has 182 valence electrons. The minimum atomic E-state index is -0.748. The lowest BCUT2D eigenvalue weighted by Crippen LogP contribution is -2.38. The highest BCUT2D eigenvalue weighted by Gasteiger charge is 2.46. The van der Waals surface area contributed by atoms with E-state index < -0.39 is 17.8 Å². The van der Waals surface area contributed by atoms with E-state index in [0.717, 1.165) is 11.3 Å². The third-order valence-corrected chi connectivity index (χ3v) is 7.13. The van der Waals surface area contributed by atoms with Gasteiger partial charge in [-0.3, -0.25) is 14.6 Å². The highest BCUT2D eigenvalue weighted by Crippen LogP contribution is 2.50. The Morgan fingerprint density at radius 3 is 2.57 bits per heavy atom. The van der Waals surface area contributed by atoms with Crippen molar-refractivity contribution >= 4 is 29.1 Å². The van der Waals surface area contributed by atoms with Crippen molar-refractivity contribution < 1.29 is 23.8 Å². The molecule has 0 N–H and O–H groups in total. The van der Waals surface area contributed by atoms with E-state index in [2.05, 4.69) is 0 Å². The van der Waals surface area contributed by atoms with Crippen LogP contribution in [0.5, 0.6) is 11.5 Å². The fourth-order valence-electron chi connectivity index (χ4n) is 5.17. The van der Waals surface area contributed by atoms with E-state index in [0.29, 0.717) is 52.8 Å². The fourth-order valence-corrected chi connectivity index (χ4v) is 5.44. The number of allylic oxidation sites excluding steroid dienone is 2. The molecule has 0 spiro atoms. The molecule has 0 aromatic heterocycles. The van der Waals surface area contributed by atoms with Crippen molar-refractivity contribution in [3.8, 4) is 11.5 Å². The van der Waals surface area contributed by atoms with Gasteiger partial charge in [-0.2, -0.15) is 0 Å². The monoisotopic (exact) mass is 493 g/mol. The number of carbonyl (C=O) groups excluding carboxylic acids is 2. The van der Waals surface area contributed by atoms with Crippen LogP contribution in [0.15, 0.2) is 58.7 Å². The maximum absolute atomic E-state index is 13.7. The predicted octanol–water partition coefficient (Wildman–Crippen LogP) is 5.84. The summed E-state index contributed by atoms with van der Waals surface area (Å²) in [5.41, 5.74) is 3.65. The number of carbonyl (C=O) groups is 2. The molecule has 2 aliphatic heterocycles. The van der Waals surface area contributed by atoms with Gasteiger partial charge in [-0.25, -0.2) is 0 Å². The summed E-state index contributed by atoms with van der Waals surface area (Å²) < 4.78 is 16.7. The summed E-state index contributed by atoms with van der Waals surface area (Å²) in [6.07, 6.45) is 0.971. The molecule has 3 aliphatic rings. The molecule has 1 aliphatic carbocycles. The number of ketones is 1. The Balaban J connectivity index is 1.61. The van der Waals surface area contributed by atoms with Crippen LogP contribution in [0.4, 0.5) is 0 Å². The number of hydrogen-bond acceptors (Lipinski definition) is 6. The summed E-state index contributed by atoms with van der Waals surface area (Å²) >= 11 is 6.73. The minimum Gasteiger partial charge on any atom is -0.465 e. The highest BCUT2D eigenvalue weighted by atomic mass is 35.5. The third-order valence-electron chi connectivity index (χ3n) is 6.80. The maximum Gasteiger partial charge on any atom is 0.315 e. The smallest absolute Gasteiger partial charge is 0.315 e. The molecule has 35 heavy (non-hydrogen) atoms. The molecule has 3 atom stereocenters. The minimum absolute atomic E-state index is 0.0169. The normalized spacial score (nSPS) is 23.3. The van der Waals surface area contributed by atoms with Crippen LogP contribution in [-0.2, 0) is 14.3 Å². The first-order chi connectivity index (χ1) is 16.8. The number of aliphatic imine (C=N–C) groups is 1. The van der Waals surface area contributed by atoms with Gasteiger partial charge in [0.05, 0.1) is 6.61 Å². The predicted molar refractivity (Wildman–Crippen MR) is 133 cm³/mol. The van der Waals surface area contributed by atoms with Crippen LogP contribution in [-0.4, -0.2) is 30.9 Å². The molecule has 7 heteroatoms. The quantitative estimate of drug-likeness (QED) is 0.489. The van der Waals surface area contributed by atoms with Gasteiger partial charge in [0, 0.05) is 40.4 Å². The number of benzene rings is 2. The lowest BCUT2D eigenvalue weighted by atomic mass is 9.69. The number of fused-ring (bicyclic) bond motifs is 1. The first-order valence-corrected chi connectivity index (χ1v) is 12.3. The van der Waals surface area contributed by atoms with Crippen LogP contribution >= 0.6 is 11.6 Å². The second-order valence-corrected chi connectivity index (χ2v) is 10.2. The molecule has 0 fully saturated rings. The Bertz CT molecular complexity index is 1230. The molecule has 5 rings (SSSR count). The number of Topliss-reactive ketones (excluding diaryl/α,β-unsaturated/α-hetero) is 1. The zero-order chi connectivity index (χ0) is 24.7. The summed E-state index contributed by atoms with van der Waals surface area (Å²) in [6.45, 7) is 6.19. The van der Waals surface area contributed by atoms with E-state index in [9.17, 15) is 9.59 Å². The molecule has 0 saturated carbocycles. The summed E-state index contributed by atoms with van der Waals surface area (Å²) in [6, 6.07) is 13.5. The summed E-state index contributed by atoms with van der Waals surface area (Å²) in [7, 11) is 0. The van der Waals surface area contributed by atoms with Crippen molar-refractivity contribution in [1.82, 2.24) is 0 Å². The Kier molecular flexibility index (Phi) is 6.41. The van der Waals surface area contributed by atoms with Crippen molar-refractivity contribution in [3.63, 3.8) is 0 Å². The lowest BCUT2D eigenvalue weighted by molar-refractivity contribution is -0.147. The molecule has 1 unspecified atom stereocenters. The summed E-state index contributed by atoms with van der Waals surface area (Å²) in [5.74, 6) is -0.448. The highest BCUT2D eigenvalue weighted by molar-refractivity contribution is 6.32. The second kappa shape index (κ2) is 9.50. The van der Waals surface area contributed by atoms with Crippen molar-refractivity contribution in [2.24, 2.45) is 16.8 Å². The number of ether oxygens (including phenoxy) is 3. The van der Waals surface area contributed by atoms with E-state index >= 15 is 0 Å². The molecule has 0 amide bonds. The van der Waals surface area contributed by atoms with Gasteiger partial charge >= 0.3 is 5.97 Å². The van der Waals surface area contributed by atoms with Gasteiger partial charge in [-0.1, -0.05) is 55.8 Å². The number of rotatable bonds is 5. The summed E-state index contributed by atoms with van der Waals surface area (Å²) in [5, 5.41) is 0.417. The van der Waals surface area contributed by atoms with E-state index in [1.165, 1.54) is 0 Å². The van der Waals surface area contributed by atoms with Gasteiger partial charge in [0.2, 0.25) is 6.79 Å². The van der Waals surface area contributed by atoms with Crippen LogP contribution in [0, 0.1) is 11.8 Å². The van der Waals surface area contributed by atoms with Crippen LogP contribution in [0.2, 0.25) is 5.02 Å². The number of esters is 1. The second-order valence-electron chi connectivity index (χ2n) is 9.76. The molecule has 2 aromatic rings. The van der Waals surface area contributed by atoms with Crippen molar-refractivity contribution in [2.75, 3.05) is 13.4 Å². The maximum atomic E-state index is 13.7. The number of hydrogen-bond donors (Lipinski definition) is 0. The van der Waals surface area contributed by atoms with Crippen molar-refractivity contribution in [2.45, 2.75) is 45.4 Å². The average molecular weight is 494 g/mol. The van der Waals surface area contributed by atoms with E-state index in [1.807, 2.05) is 51.1 Å². The fraction of sp³-hybridized carbons (Fsp3) is 0.393. The SMILES string of the molecule is CC1=NC2=C(C(=O)C[C@H](c3ccccc3)C2)[C@H](c2cc3c(cc2Cl)OCO3)C1C(=O)OCC(C)C. The lowest BCUT2D eigenvalue weighted by Gasteiger charge is -2.37. The Morgan fingerprint density at radius 1 is 1.14 bits per heavy atom. The van der Waals surface area contributed by atoms with Crippen LogP contribution in [0.1, 0.15) is 56.6 Å². The molecule has 2 aromatic carbocycles. The van der Waals surface area contributed by atoms with Gasteiger partial charge in [-0.05, 0) is 42.4 Å². The van der Waals surface area contributed by atoms with Crippen molar-refractivity contribution in [3.05, 3.63) is 69.9 Å². The molecule has 0 radical (unpaired) electrons. The largest absolute Gasteiger partial charge is 0.465 e. The number of nitrogens with zero attached hydrogens (tertiary/aromatic N) is 1. The third kappa shape index (κ3) is 4.47. The van der Waals surface area contributed by atoms with E-state index in [1.54, 1.807) is 12.1 Å². The standard InChI is InChI=1S/C28H28ClNO5/c1-15(2)13-33-28(32)25-16(3)30-21-9-18(17-7-5-4-6-8-17)10-22(31)27(21)26(25)19-11-23-24(12-20(19)29)35-14-34-23/h4-8,11-12,15,18,25-26H,9-10,13-14H2,1-3H3/t18-,25?,26-/m1/s1. The van der Waals surface area contributed by atoms with Gasteiger partial charge in [0.25, 0.3) is 0 Å². The van der Waals surface area contributed by atoms with Gasteiger partial charge in [0.1, 0.15) is 5.92 Å². The zero-order valence-corrected chi connectivity index (χ0v) is 20.8. The molecule has 0 bridgehead atoms. The molecular weight excluding hydrogens is 466 g/mol. The molecule has 0 saturated heterocycles. The van der Waals surface area contributed by atoms with E-state index in [4.69, 9.17) is 30.8 Å². The Labute approximate surface area is 209 Å². The van der Waals surface area contributed by atoms with Gasteiger partial charge in [-0.15, -0.1) is 0 Å². The topological polar surface area (TPSA) is 74.2 Å². The Hall–Kier alpha value is -3.12. The molecule has 2 heterocycles. The zero-order valence-electron chi connectivity index (χ0n) is 20.0. The van der Waals surface area contributed by atoms with Crippen molar-refractivity contribution in [1.29, 1.82) is 0 Å². The molecule has 6 nitrogen and oxygen atoms in total. The van der Waals surface area contributed by atoms with E-state index in [-0.39, 0.29) is 24.4 Å². The van der Waals surface area contributed by atoms with Crippen LogP contribution in [0.25, 0.3) is 0 Å². The molecular formula is C28H28ClNO5. The first-order valence-electron chi connectivity index (χ1n) is 12.0. The van der Waals surface area contributed by atoms with Crippen LogP contribution in [0.3, 0.4) is 0 Å². The average Bonchev–Trinajstić information content (AvgIpc) is 3.28. The van der Waals surface area contributed by atoms with Gasteiger partial charge in [0.15, 0.2) is 17.3 Å². The number of halogens is 1. The first kappa shape index (κ1) is 23.6. The Morgan fingerprint density at radius 2 is 1.86 bits per heavy atom. The van der Waals surface area contributed by atoms with Crippen LogP contribution < -0.4 is 9.47 Å².